The number of rotatable bonds is 2. The van der Waals surface area contributed by atoms with Crippen LogP contribution in [0, 0.1) is 5.92 Å². The summed E-state index contributed by atoms with van der Waals surface area (Å²) in [5, 5.41) is 0. The molecule has 102 valence electrons. The van der Waals surface area contributed by atoms with Gasteiger partial charge in [-0.05, 0) is 44.6 Å². The largest absolute Gasteiger partial charge is 0.317 e. The molecule has 0 aromatic rings. The highest BCUT2D eigenvalue weighted by molar-refractivity contribution is 5.29. The highest BCUT2D eigenvalue weighted by atomic mass is 15.4. The zero-order valence-electron chi connectivity index (χ0n) is 12.6. The summed E-state index contributed by atoms with van der Waals surface area (Å²) in [5.41, 5.74) is 4.28. The maximum atomic E-state index is 2.60. The Hall–Kier alpha value is -0.300. The summed E-state index contributed by atoms with van der Waals surface area (Å²) in [5.74, 6) is 0.985. The number of hydrogen-bond acceptors (Lipinski definition) is 0. The number of hydrogen-bond donors (Lipinski definition) is 0. The van der Waals surface area contributed by atoms with Crippen LogP contribution in [0.2, 0.25) is 0 Å². The van der Waals surface area contributed by atoms with Gasteiger partial charge >= 0.3 is 0 Å². The molecule has 1 heteroatoms. The van der Waals surface area contributed by atoms with E-state index >= 15 is 0 Å². The smallest absolute Gasteiger partial charge is 0.118 e. The molecule has 0 aromatic carbocycles. The summed E-state index contributed by atoms with van der Waals surface area (Å²) >= 11 is 0. The SMILES string of the molecule is CCC[C@H]1C[C@@]2(C)C3=C(CCCC3)CC[N+]2(C)C1. The summed E-state index contributed by atoms with van der Waals surface area (Å²) in [6, 6.07) is 0. The van der Waals surface area contributed by atoms with E-state index in [1.54, 1.807) is 0 Å². The fourth-order valence-electron chi connectivity index (χ4n) is 5.28. The molecule has 0 spiro atoms. The third-order valence-electron chi connectivity index (χ3n) is 6.38. The molecular formula is C17H30N+. The molecule has 1 unspecified atom stereocenters. The second-order valence-corrected chi connectivity index (χ2v) is 7.47. The third kappa shape index (κ3) is 1.70. The van der Waals surface area contributed by atoms with E-state index in [0.717, 1.165) is 5.92 Å². The molecule has 1 nitrogen and oxygen atoms in total. The lowest BCUT2D eigenvalue weighted by Crippen LogP contribution is -2.60. The van der Waals surface area contributed by atoms with Crippen molar-refractivity contribution in [3.05, 3.63) is 11.1 Å². The molecule has 2 aliphatic heterocycles. The monoisotopic (exact) mass is 248 g/mol. The minimum absolute atomic E-state index is 0.508. The number of likely N-dealkylation sites (N-methyl/N-ethyl adjacent to an activating group) is 1. The van der Waals surface area contributed by atoms with Crippen LogP contribution in [0.4, 0.5) is 0 Å². The summed E-state index contributed by atoms with van der Waals surface area (Å²) in [6.45, 7) is 7.81. The normalized spacial score (nSPS) is 43.8. The van der Waals surface area contributed by atoms with Crippen molar-refractivity contribution in [3.63, 3.8) is 0 Å². The minimum atomic E-state index is 0.508. The van der Waals surface area contributed by atoms with E-state index < -0.39 is 0 Å². The van der Waals surface area contributed by atoms with Gasteiger partial charge in [-0.2, -0.15) is 0 Å². The topological polar surface area (TPSA) is 0 Å². The highest BCUT2D eigenvalue weighted by Crippen LogP contribution is 2.52. The highest BCUT2D eigenvalue weighted by Gasteiger charge is 2.56. The van der Waals surface area contributed by atoms with Gasteiger partial charge < -0.3 is 4.48 Å². The standard InChI is InChI=1S/C17H30N/c1-4-7-14-12-17(2)16-9-6-5-8-15(16)10-11-18(17,3)13-14/h14H,4-13H2,1-3H3/q+1/t14-,17-,18?/m0/s1. The third-order valence-corrected chi connectivity index (χ3v) is 6.38. The molecule has 3 atom stereocenters. The summed E-state index contributed by atoms with van der Waals surface area (Å²) in [7, 11) is 2.55. The van der Waals surface area contributed by atoms with Crippen molar-refractivity contribution in [1.82, 2.24) is 0 Å². The number of nitrogens with zero attached hydrogens (tertiary/aromatic N) is 1. The Balaban J connectivity index is 1.94. The predicted octanol–water partition coefficient (Wildman–Crippen LogP) is 4.29. The minimum Gasteiger partial charge on any atom is -0.317 e. The quantitative estimate of drug-likeness (QED) is 0.505. The van der Waals surface area contributed by atoms with Crippen molar-refractivity contribution in [1.29, 1.82) is 0 Å². The van der Waals surface area contributed by atoms with Crippen LogP contribution in [0.1, 0.15) is 65.2 Å². The first-order valence-corrected chi connectivity index (χ1v) is 8.15. The van der Waals surface area contributed by atoms with Crippen LogP contribution in [0.25, 0.3) is 0 Å². The van der Waals surface area contributed by atoms with Crippen LogP contribution in [0.5, 0.6) is 0 Å². The second kappa shape index (κ2) is 4.37. The average molecular weight is 248 g/mol. The lowest BCUT2D eigenvalue weighted by atomic mass is 9.73. The van der Waals surface area contributed by atoms with Crippen LogP contribution in [0.15, 0.2) is 11.1 Å². The predicted molar refractivity (Wildman–Crippen MR) is 77.4 cm³/mol. The van der Waals surface area contributed by atoms with Crippen molar-refractivity contribution in [3.8, 4) is 0 Å². The first kappa shape index (κ1) is 12.7. The molecule has 1 saturated heterocycles. The van der Waals surface area contributed by atoms with Gasteiger partial charge in [-0.25, -0.2) is 0 Å². The van der Waals surface area contributed by atoms with Crippen molar-refractivity contribution < 1.29 is 4.48 Å². The van der Waals surface area contributed by atoms with Gasteiger partial charge in [0, 0.05) is 18.8 Å². The maximum Gasteiger partial charge on any atom is 0.118 e. The fraction of sp³-hybridized carbons (Fsp3) is 0.882. The lowest BCUT2D eigenvalue weighted by molar-refractivity contribution is -0.942. The first-order chi connectivity index (χ1) is 8.59. The van der Waals surface area contributed by atoms with Gasteiger partial charge in [0.2, 0.25) is 0 Å². The maximum absolute atomic E-state index is 2.60. The van der Waals surface area contributed by atoms with Crippen molar-refractivity contribution in [2.45, 2.75) is 70.8 Å². The van der Waals surface area contributed by atoms with Crippen molar-refractivity contribution in [2.24, 2.45) is 5.92 Å². The van der Waals surface area contributed by atoms with Crippen LogP contribution >= 0.6 is 0 Å². The lowest BCUT2D eigenvalue weighted by Gasteiger charge is -2.51. The first-order valence-electron chi connectivity index (χ1n) is 8.15. The number of fused-ring (bicyclic) bond motifs is 2. The van der Waals surface area contributed by atoms with Gasteiger partial charge in [-0.15, -0.1) is 0 Å². The summed E-state index contributed by atoms with van der Waals surface area (Å²) in [4.78, 5) is 0. The Morgan fingerprint density at radius 1 is 1.22 bits per heavy atom. The molecule has 0 saturated carbocycles. The zero-order chi connectivity index (χ0) is 12.8. The van der Waals surface area contributed by atoms with E-state index in [1.165, 1.54) is 68.9 Å². The van der Waals surface area contributed by atoms with Crippen LogP contribution in [0.3, 0.4) is 0 Å². The summed E-state index contributed by atoms with van der Waals surface area (Å²) in [6.07, 6.45) is 11.4. The molecule has 18 heavy (non-hydrogen) atoms. The number of quaternary nitrogens is 1. The van der Waals surface area contributed by atoms with Gasteiger partial charge in [0.1, 0.15) is 5.54 Å². The van der Waals surface area contributed by atoms with E-state index in [2.05, 4.69) is 20.9 Å². The van der Waals surface area contributed by atoms with E-state index in [4.69, 9.17) is 0 Å². The zero-order valence-corrected chi connectivity index (χ0v) is 12.6. The van der Waals surface area contributed by atoms with Gasteiger partial charge in [0.15, 0.2) is 0 Å². The van der Waals surface area contributed by atoms with E-state index in [9.17, 15) is 0 Å². The molecule has 0 bridgehead atoms. The average Bonchev–Trinajstić information content (AvgIpc) is 2.62. The van der Waals surface area contributed by atoms with Crippen LogP contribution < -0.4 is 0 Å². The van der Waals surface area contributed by atoms with Crippen molar-refractivity contribution in [2.75, 3.05) is 20.1 Å². The van der Waals surface area contributed by atoms with E-state index in [1.807, 2.05) is 11.1 Å². The Morgan fingerprint density at radius 3 is 2.78 bits per heavy atom. The summed E-state index contributed by atoms with van der Waals surface area (Å²) < 4.78 is 1.36. The molecule has 1 fully saturated rings. The van der Waals surface area contributed by atoms with E-state index in [0.29, 0.717) is 5.54 Å². The molecule has 3 rings (SSSR count). The Morgan fingerprint density at radius 2 is 2.00 bits per heavy atom. The van der Waals surface area contributed by atoms with Gasteiger partial charge in [-0.3, -0.25) is 0 Å². The van der Waals surface area contributed by atoms with Gasteiger partial charge in [-0.1, -0.05) is 18.9 Å². The molecule has 0 N–H and O–H groups in total. The molecule has 3 aliphatic rings. The Bertz CT molecular complexity index is 370. The molecule has 0 aromatic heterocycles. The Labute approximate surface area is 113 Å². The molecule has 0 radical (unpaired) electrons. The molecule has 1 aliphatic carbocycles. The molecule has 2 heterocycles. The van der Waals surface area contributed by atoms with Gasteiger partial charge in [0.05, 0.1) is 20.1 Å². The van der Waals surface area contributed by atoms with E-state index in [-0.39, 0.29) is 0 Å². The molecule has 0 amide bonds. The molecular weight excluding hydrogens is 218 g/mol. The Kier molecular flexibility index (Phi) is 3.09. The van der Waals surface area contributed by atoms with Crippen LogP contribution in [-0.4, -0.2) is 30.2 Å². The van der Waals surface area contributed by atoms with Gasteiger partial charge in [0.25, 0.3) is 0 Å². The van der Waals surface area contributed by atoms with Crippen LogP contribution in [-0.2, 0) is 0 Å². The second-order valence-electron chi connectivity index (χ2n) is 7.47. The van der Waals surface area contributed by atoms with Crippen molar-refractivity contribution >= 4 is 0 Å². The fourth-order valence-corrected chi connectivity index (χ4v) is 5.28.